The Balaban J connectivity index is 1.29. The smallest absolute Gasteiger partial charge is 0.275 e. The van der Waals surface area contributed by atoms with Gasteiger partial charge in [-0.25, -0.2) is 9.97 Å². The third-order valence-electron chi connectivity index (χ3n) is 6.28. The quantitative estimate of drug-likeness (QED) is 0.357. The van der Waals surface area contributed by atoms with Crippen molar-refractivity contribution in [1.82, 2.24) is 24.6 Å². The van der Waals surface area contributed by atoms with Crippen LogP contribution in [0.25, 0.3) is 26.6 Å². The van der Waals surface area contributed by atoms with Crippen LogP contribution in [0.3, 0.4) is 0 Å². The lowest BCUT2D eigenvalue weighted by molar-refractivity contribution is 0.281. The van der Waals surface area contributed by atoms with Crippen molar-refractivity contribution in [3.05, 3.63) is 66.1 Å². The van der Waals surface area contributed by atoms with E-state index in [1.807, 2.05) is 13.0 Å². The molecule has 0 saturated heterocycles. The Labute approximate surface area is 213 Å². The van der Waals surface area contributed by atoms with Gasteiger partial charge in [-0.1, -0.05) is 18.3 Å². The first-order valence-electron chi connectivity index (χ1n) is 11.8. The van der Waals surface area contributed by atoms with Gasteiger partial charge >= 0.3 is 0 Å². The predicted molar refractivity (Wildman–Crippen MR) is 140 cm³/mol. The third-order valence-corrected chi connectivity index (χ3v) is 8.52. The van der Waals surface area contributed by atoms with Crippen LogP contribution in [-0.4, -0.2) is 31.7 Å². The molecule has 0 aliphatic heterocycles. The van der Waals surface area contributed by atoms with E-state index in [2.05, 4.69) is 15.1 Å². The fourth-order valence-corrected chi connectivity index (χ4v) is 6.62. The molecular formula is C25H23N5O4S2. The number of rotatable bonds is 6. The monoisotopic (exact) mass is 521 g/mol. The van der Waals surface area contributed by atoms with Crippen molar-refractivity contribution in [3.63, 3.8) is 0 Å². The van der Waals surface area contributed by atoms with Gasteiger partial charge in [0.2, 0.25) is 4.96 Å². The van der Waals surface area contributed by atoms with Crippen molar-refractivity contribution < 1.29 is 9.47 Å². The van der Waals surface area contributed by atoms with Crippen LogP contribution in [0, 0.1) is 0 Å². The molecule has 0 unspecified atom stereocenters. The second-order valence-corrected chi connectivity index (χ2v) is 10.7. The Kier molecular flexibility index (Phi) is 5.81. The first kappa shape index (κ1) is 22.9. The number of benzene rings is 1. The summed E-state index contributed by atoms with van der Waals surface area (Å²) in [5.74, 6) is 1.48. The second-order valence-electron chi connectivity index (χ2n) is 8.59. The van der Waals surface area contributed by atoms with Gasteiger partial charge in [-0.05, 0) is 55.9 Å². The maximum absolute atomic E-state index is 12.9. The third kappa shape index (κ3) is 3.97. The van der Waals surface area contributed by atoms with E-state index in [1.54, 1.807) is 30.6 Å². The van der Waals surface area contributed by atoms with Gasteiger partial charge in [-0.2, -0.15) is 9.61 Å². The minimum Gasteiger partial charge on any atom is -0.493 e. The molecule has 184 valence electrons. The molecule has 5 aromatic rings. The number of methoxy groups -OCH3 is 1. The predicted octanol–water partition coefficient (Wildman–Crippen LogP) is 4.14. The average molecular weight is 522 g/mol. The van der Waals surface area contributed by atoms with Crippen LogP contribution >= 0.6 is 22.7 Å². The number of nitrogens with zero attached hydrogens (tertiary/aromatic N) is 4. The van der Waals surface area contributed by atoms with Crippen LogP contribution < -0.4 is 20.6 Å². The highest BCUT2D eigenvalue weighted by Gasteiger charge is 2.20. The lowest BCUT2D eigenvalue weighted by Crippen LogP contribution is -2.16. The van der Waals surface area contributed by atoms with Crippen LogP contribution in [0.1, 0.15) is 40.9 Å². The van der Waals surface area contributed by atoms with E-state index in [4.69, 9.17) is 14.5 Å². The van der Waals surface area contributed by atoms with Crippen molar-refractivity contribution >= 4 is 37.9 Å². The normalized spacial score (nSPS) is 13.3. The highest BCUT2D eigenvalue weighted by atomic mass is 32.1. The Morgan fingerprint density at radius 3 is 2.78 bits per heavy atom. The minimum absolute atomic E-state index is 0.0998. The highest BCUT2D eigenvalue weighted by Crippen LogP contribution is 2.36. The summed E-state index contributed by atoms with van der Waals surface area (Å²) in [6, 6.07) is 6.81. The van der Waals surface area contributed by atoms with E-state index in [-0.39, 0.29) is 17.7 Å². The number of aromatic nitrogens is 5. The molecule has 4 heterocycles. The summed E-state index contributed by atoms with van der Waals surface area (Å²) in [6.07, 6.45) is 4.97. The van der Waals surface area contributed by atoms with Gasteiger partial charge in [0.25, 0.3) is 11.1 Å². The summed E-state index contributed by atoms with van der Waals surface area (Å²) in [4.78, 5) is 40.2. The van der Waals surface area contributed by atoms with Crippen LogP contribution in [0.15, 0.2) is 33.9 Å². The van der Waals surface area contributed by atoms with E-state index < -0.39 is 0 Å². The SMILES string of the molecule is CCc1nn2c(=O)cc(COc3ccc(-c4nc5sc6c(c5c(=O)[nH]4)CCCC6)cc3OC)nc2s1. The van der Waals surface area contributed by atoms with Crippen molar-refractivity contribution in [1.29, 1.82) is 0 Å². The number of nitrogens with one attached hydrogen (secondary N) is 1. The van der Waals surface area contributed by atoms with Crippen molar-refractivity contribution in [2.45, 2.75) is 45.6 Å². The van der Waals surface area contributed by atoms with E-state index in [0.717, 1.165) is 52.9 Å². The summed E-state index contributed by atoms with van der Waals surface area (Å²) in [5.41, 5.74) is 2.06. The summed E-state index contributed by atoms with van der Waals surface area (Å²) in [6.45, 7) is 2.09. The maximum atomic E-state index is 12.9. The highest BCUT2D eigenvalue weighted by molar-refractivity contribution is 7.18. The molecule has 1 N–H and O–H groups in total. The van der Waals surface area contributed by atoms with E-state index in [0.29, 0.717) is 28.0 Å². The number of thiophene rings is 1. The molecule has 9 nitrogen and oxygen atoms in total. The van der Waals surface area contributed by atoms with Crippen LogP contribution in [0.5, 0.6) is 11.5 Å². The zero-order chi connectivity index (χ0) is 24.8. The molecule has 1 aliphatic rings. The Bertz CT molecular complexity index is 1730. The Hall–Kier alpha value is -3.57. The lowest BCUT2D eigenvalue weighted by Gasteiger charge is -2.12. The average Bonchev–Trinajstić information content (AvgIpc) is 3.49. The number of H-pyrrole nitrogens is 1. The van der Waals surface area contributed by atoms with Gasteiger partial charge in [-0.15, -0.1) is 11.3 Å². The minimum atomic E-state index is -0.238. The molecule has 0 spiro atoms. The van der Waals surface area contributed by atoms with Gasteiger partial charge in [-0.3, -0.25) is 9.59 Å². The molecule has 0 fully saturated rings. The summed E-state index contributed by atoms with van der Waals surface area (Å²) < 4.78 is 12.8. The fourth-order valence-electron chi connectivity index (χ4n) is 4.50. The standard InChI is InChI=1S/C25H23N5O4S2/c1-3-19-29-30-20(31)11-14(26-25(30)36-19)12-34-16-9-8-13(10-17(16)33-2)22-27-23(32)21-15-6-4-5-7-18(15)35-24(21)28-22/h8-11H,3-7,12H2,1-2H3,(H,27,28,32). The van der Waals surface area contributed by atoms with Crippen LogP contribution in [0.4, 0.5) is 0 Å². The van der Waals surface area contributed by atoms with Crippen molar-refractivity contribution in [2.75, 3.05) is 7.11 Å². The molecule has 1 aromatic carbocycles. The molecule has 0 atom stereocenters. The van der Waals surface area contributed by atoms with Crippen molar-refractivity contribution in [2.24, 2.45) is 0 Å². The first-order chi connectivity index (χ1) is 17.5. The molecular weight excluding hydrogens is 498 g/mol. The number of hydrogen-bond acceptors (Lipinski definition) is 9. The second kappa shape index (κ2) is 9.14. The number of aryl methyl sites for hydroxylation is 3. The van der Waals surface area contributed by atoms with Crippen LogP contribution in [-0.2, 0) is 25.9 Å². The number of fused-ring (bicyclic) bond motifs is 4. The van der Waals surface area contributed by atoms with Gasteiger partial charge < -0.3 is 14.5 Å². The summed E-state index contributed by atoms with van der Waals surface area (Å²) >= 11 is 3.01. The van der Waals surface area contributed by atoms with E-state index in [1.165, 1.54) is 32.4 Å². The van der Waals surface area contributed by atoms with E-state index in [9.17, 15) is 9.59 Å². The molecule has 0 saturated carbocycles. The van der Waals surface area contributed by atoms with Crippen molar-refractivity contribution in [3.8, 4) is 22.9 Å². The zero-order valence-corrected chi connectivity index (χ0v) is 21.4. The molecule has 4 aromatic heterocycles. The molecule has 0 bridgehead atoms. The molecule has 6 rings (SSSR count). The molecule has 0 radical (unpaired) electrons. The Morgan fingerprint density at radius 2 is 1.94 bits per heavy atom. The maximum Gasteiger partial charge on any atom is 0.275 e. The fraction of sp³-hybridized carbons (Fsp3) is 0.320. The van der Waals surface area contributed by atoms with Gasteiger partial charge in [0, 0.05) is 16.5 Å². The zero-order valence-electron chi connectivity index (χ0n) is 19.8. The lowest BCUT2D eigenvalue weighted by atomic mass is 9.97. The number of aromatic amines is 1. The van der Waals surface area contributed by atoms with E-state index >= 15 is 0 Å². The topological polar surface area (TPSA) is 111 Å². The van der Waals surface area contributed by atoms with Gasteiger partial charge in [0.1, 0.15) is 22.3 Å². The Morgan fingerprint density at radius 1 is 1.08 bits per heavy atom. The molecule has 36 heavy (non-hydrogen) atoms. The summed E-state index contributed by atoms with van der Waals surface area (Å²) in [7, 11) is 1.55. The first-order valence-corrected chi connectivity index (χ1v) is 13.4. The number of ether oxygens (including phenoxy) is 2. The number of hydrogen-bond donors (Lipinski definition) is 1. The molecule has 1 aliphatic carbocycles. The summed E-state index contributed by atoms with van der Waals surface area (Å²) in [5, 5.41) is 5.85. The van der Waals surface area contributed by atoms with Crippen LogP contribution in [0.2, 0.25) is 0 Å². The molecule has 11 heteroatoms. The molecule has 0 amide bonds. The largest absolute Gasteiger partial charge is 0.493 e. The van der Waals surface area contributed by atoms with Gasteiger partial charge in [0.05, 0.1) is 18.2 Å². The van der Waals surface area contributed by atoms with Gasteiger partial charge in [0.15, 0.2) is 11.5 Å².